The molecule has 2 N–H and O–H groups in total. The molecular formula is C9H13N5. The predicted molar refractivity (Wildman–Crippen MR) is 52.8 cm³/mol. The minimum Gasteiger partial charge on any atom is -0.327 e. The van der Waals surface area contributed by atoms with Crippen molar-refractivity contribution in [2.75, 3.05) is 0 Å². The number of hydrogen-bond acceptors (Lipinski definition) is 4. The van der Waals surface area contributed by atoms with Crippen LogP contribution in [0.1, 0.15) is 19.2 Å². The van der Waals surface area contributed by atoms with E-state index in [1.54, 1.807) is 6.20 Å². The second-order valence-corrected chi connectivity index (χ2v) is 3.28. The summed E-state index contributed by atoms with van der Waals surface area (Å²) in [5.74, 6) is 1.51. The minimum atomic E-state index is 0.141. The van der Waals surface area contributed by atoms with Crippen LogP contribution in [0.25, 0.3) is 5.78 Å². The van der Waals surface area contributed by atoms with E-state index >= 15 is 0 Å². The average Bonchev–Trinajstić information content (AvgIpc) is 2.62. The van der Waals surface area contributed by atoms with Crippen molar-refractivity contribution in [2.45, 2.75) is 25.8 Å². The number of aromatic nitrogens is 4. The number of nitrogens with zero attached hydrogens (tertiary/aromatic N) is 4. The van der Waals surface area contributed by atoms with Gasteiger partial charge in [-0.1, -0.05) is 6.92 Å². The van der Waals surface area contributed by atoms with E-state index in [-0.39, 0.29) is 6.04 Å². The first-order chi connectivity index (χ1) is 6.81. The maximum Gasteiger partial charge on any atom is 0.254 e. The zero-order chi connectivity index (χ0) is 9.97. The van der Waals surface area contributed by atoms with Crippen molar-refractivity contribution in [3.8, 4) is 0 Å². The Morgan fingerprint density at radius 1 is 1.50 bits per heavy atom. The van der Waals surface area contributed by atoms with Crippen LogP contribution in [-0.2, 0) is 6.42 Å². The molecule has 2 rings (SSSR count). The van der Waals surface area contributed by atoms with E-state index in [9.17, 15) is 0 Å². The second kappa shape index (κ2) is 3.71. The van der Waals surface area contributed by atoms with Crippen LogP contribution in [0.15, 0.2) is 18.5 Å². The molecule has 0 aliphatic rings. The summed E-state index contributed by atoms with van der Waals surface area (Å²) in [5, 5.41) is 8.01. The maximum absolute atomic E-state index is 5.85. The molecule has 0 aliphatic carbocycles. The molecule has 0 spiro atoms. The lowest BCUT2D eigenvalue weighted by Gasteiger charge is -2.05. The van der Waals surface area contributed by atoms with Crippen LogP contribution in [-0.4, -0.2) is 25.6 Å². The molecule has 5 heteroatoms. The summed E-state index contributed by atoms with van der Waals surface area (Å²) in [6.45, 7) is 2.06. The number of nitrogens with two attached hydrogens (primary N) is 1. The molecular weight excluding hydrogens is 178 g/mol. The van der Waals surface area contributed by atoms with E-state index in [2.05, 4.69) is 22.1 Å². The van der Waals surface area contributed by atoms with Gasteiger partial charge in [0.1, 0.15) is 5.82 Å². The highest BCUT2D eigenvalue weighted by Gasteiger charge is 2.08. The molecule has 1 unspecified atom stereocenters. The zero-order valence-electron chi connectivity index (χ0n) is 8.09. The Morgan fingerprint density at radius 2 is 2.36 bits per heavy atom. The first-order valence-corrected chi connectivity index (χ1v) is 4.71. The van der Waals surface area contributed by atoms with E-state index in [0.717, 1.165) is 18.7 Å². The molecule has 0 bridgehead atoms. The van der Waals surface area contributed by atoms with Gasteiger partial charge in [0.15, 0.2) is 0 Å². The van der Waals surface area contributed by atoms with Gasteiger partial charge in [-0.25, -0.2) is 4.98 Å². The molecule has 2 aromatic heterocycles. The molecule has 5 nitrogen and oxygen atoms in total. The fourth-order valence-electron chi connectivity index (χ4n) is 1.31. The smallest absolute Gasteiger partial charge is 0.254 e. The van der Waals surface area contributed by atoms with Crippen molar-refractivity contribution in [3.05, 3.63) is 24.3 Å². The standard InChI is InChI=1S/C9H13N5/c1-2-7(10)6-8-12-13-9-11-4-3-5-14(8)9/h3-5,7H,2,6,10H2,1H3. The maximum atomic E-state index is 5.85. The quantitative estimate of drug-likeness (QED) is 0.762. The highest BCUT2D eigenvalue weighted by atomic mass is 15.3. The van der Waals surface area contributed by atoms with Crippen LogP contribution >= 0.6 is 0 Å². The summed E-state index contributed by atoms with van der Waals surface area (Å²) in [6, 6.07) is 2.00. The molecule has 2 heterocycles. The van der Waals surface area contributed by atoms with Crippen LogP contribution < -0.4 is 5.73 Å². The molecule has 2 aromatic rings. The lowest BCUT2D eigenvalue weighted by molar-refractivity contribution is 0.620. The largest absolute Gasteiger partial charge is 0.327 e. The Hall–Kier alpha value is -1.49. The van der Waals surface area contributed by atoms with Crippen LogP contribution in [0.2, 0.25) is 0 Å². The van der Waals surface area contributed by atoms with Crippen molar-refractivity contribution in [3.63, 3.8) is 0 Å². The number of hydrogen-bond donors (Lipinski definition) is 1. The Labute approximate surface area is 82.0 Å². The third-order valence-electron chi connectivity index (χ3n) is 2.23. The van der Waals surface area contributed by atoms with E-state index < -0.39 is 0 Å². The molecule has 14 heavy (non-hydrogen) atoms. The van der Waals surface area contributed by atoms with Gasteiger partial charge >= 0.3 is 0 Å². The van der Waals surface area contributed by atoms with Gasteiger partial charge in [-0.15, -0.1) is 10.2 Å². The van der Waals surface area contributed by atoms with Gasteiger partial charge < -0.3 is 5.73 Å². The third-order valence-corrected chi connectivity index (χ3v) is 2.23. The van der Waals surface area contributed by atoms with Crippen LogP contribution in [0.3, 0.4) is 0 Å². The Kier molecular flexibility index (Phi) is 2.41. The predicted octanol–water partition coefficient (Wildman–Crippen LogP) is 0.404. The molecule has 1 atom stereocenters. The molecule has 0 amide bonds. The Morgan fingerprint density at radius 3 is 3.14 bits per heavy atom. The summed E-state index contributed by atoms with van der Waals surface area (Å²) in [5.41, 5.74) is 5.85. The lowest BCUT2D eigenvalue weighted by Crippen LogP contribution is -2.22. The highest BCUT2D eigenvalue weighted by Crippen LogP contribution is 2.03. The molecule has 0 fully saturated rings. The van der Waals surface area contributed by atoms with E-state index in [4.69, 9.17) is 5.73 Å². The van der Waals surface area contributed by atoms with Crippen molar-refractivity contribution in [2.24, 2.45) is 5.73 Å². The molecule has 0 aliphatic heterocycles. The van der Waals surface area contributed by atoms with Gasteiger partial charge in [-0.3, -0.25) is 4.40 Å². The summed E-state index contributed by atoms with van der Waals surface area (Å²) >= 11 is 0. The van der Waals surface area contributed by atoms with Crippen molar-refractivity contribution in [1.29, 1.82) is 0 Å². The highest BCUT2D eigenvalue weighted by molar-refractivity contribution is 5.26. The van der Waals surface area contributed by atoms with E-state index in [1.807, 2.05) is 16.7 Å². The van der Waals surface area contributed by atoms with Gasteiger partial charge in [0, 0.05) is 24.9 Å². The Balaban J connectivity index is 2.33. The Bertz CT molecular complexity index is 422. The first kappa shape index (κ1) is 9.08. The van der Waals surface area contributed by atoms with Crippen LogP contribution in [0.4, 0.5) is 0 Å². The second-order valence-electron chi connectivity index (χ2n) is 3.28. The van der Waals surface area contributed by atoms with E-state index in [1.165, 1.54) is 0 Å². The summed E-state index contributed by atoms with van der Waals surface area (Å²) in [4.78, 5) is 4.08. The summed E-state index contributed by atoms with van der Waals surface area (Å²) < 4.78 is 1.87. The summed E-state index contributed by atoms with van der Waals surface area (Å²) in [7, 11) is 0. The van der Waals surface area contributed by atoms with Gasteiger partial charge in [-0.05, 0) is 12.5 Å². The van der Waals surface area contributed by atoms with Crippen molar-refractivity contribution < 1.29 is 0 Å². The van der Waals surface area contributed by atoms with Crippen molar-refractivity contribution in [1.82, 2.24) is 19.6 Å². The monoisotopic (exact) mass is 191 g/mol. The van der Waals surface area contributed by atoms with Gasteiger partial charge in [0.25, 0.3) is 5.78 Å². The minimum absolute atomic E-state index is 0.141. The molecule has 74 valence electrons. The third kappa shape index (κ3) is 1.58. The SMILES string of the molecule is CCC(N)Cc1nnc2ncccn12. The first-order valence-electron chi connectivity index (χ1n) is 4.71. The molecule has 0 saturated carbocycles. The zero-order valence-corrected chi connectivity index (χ0v) is 8.09. The fourth-order valence-corrected chi connectivity index (χ4v) is 1.31. The molecule has 0 aromatic carbocycles. The van der Waals surface area contributed by atoms with Crippen molar-refractivity contribution >= 4 is 5.78 Å². The molecule has 0 saturated heterocycles. The number of rotatable bonds is 3. The van der Waals surface area contributed by atoms with Gasteiger partial charge in [-0.2, -0.15) is 0 Å². The van der Waals surface area contributed by atoms with Crippen LogP contribution in [0.5, 0.6) is 0 Å². The fraction of sp³-hybridized carbons (Fsp3) is 0.444. The average molecular weight is 191 g/mol. The van der Waals surface area contributed by atoms with Gasteiger partial charge in [0.05, 0.1) is 0 Å². The summed E-state index contributed by atoms with van der Waals surface area (Å²) in [6.07, 6.45) is 5.28. The molecule has 0 radical (unpaired) electrons. The van der Waals surface area contributed by atoms with Crippen LogP contribution in [0, 0.1) is 0 Å². The van der Waals surface area contributed by atoms with E-state index in [0.29, 0.717) is 5.78 Å². The number of fused-ring (bicyclic) bond motifs is 1. The lowest BCUT2D eigenvalue weighted by atomic mass is 10.1. The normalized spacial score (nSPS) is 13.3. The topological polar surface area (TPSA) is 69.1 Å². The van der Waals surface area contributed by atoms with Gasteiger partial charge in [0.2, 0.25) is 0 Å².